The van der Waals surface area contributed by atoms with Crippen molar-refractivity contribution in [1.82, 2.24) is 19.0 Å². The summed E-state index contributed by atoms with van der Waals surface area (Å²) in [5, 5.41) is 0.464. The van der Waals surface area contributed by atoms with Crippen LogP contribution in [-0.2, 0) is 21.6 Å². The van der Waals surface area contributed by atoms with Crippen LogP contribution in [-0.4, -0.2) is 51.2 Å². The van der Waals surface area contributed by atoms with E-state index in [1.54, 1.807) is 24.8 Å². The molecule has 0 bridgehead atoms. The summed E-state index contributed by atoms with van der Waals surface area (Å²) in [5.41, 5.74) is 0.00752. The lowest BCUT2D eigenvalue weighted by atomic mass is 10.0. The maximum atomic E-state index is 14.2. The number of piperidine rings is 1. The smallest absolute Gasteiger partial charge is 0.332 e. The normalized spacial score (nSPS) is 15.4. The van der Waals surface area contributed by atoms with Crippen molar-refractivity contribution >= 4 is 27.5 Å². The number of hydrogen-bond acceptors (Lipinski definition) is 8. The second-order valence-corrected chi connectivity index (χ2v) is 12.3. The molecule has 1 aliphatic rings. The highest BCUT2D eigenvalue weighted by Gasteiger charge is 2.31. The van der Waals surface area contributed by atoms with Gasteiger partial charge in [0.25, 0.3) is 5.56 Å². The first kappa shape index (κ1) is 28.8. The number of methoxy groups -OCH3 is 1. The molecule has 218 valence electrons. The van der Waals surface area contributed by atoms with Gasteiger partial charge in [-0.15, -0.1) is 11.3 Å². The van der Waals surface area contributed by atoms with Crippen molar-refractivity contribution in [1.29, 1.82) is 0 Å². The number of para-hydroxylation sites is 1. The van der Waals surface area contributed by atoms with E-state index >= 15 is 0 Å². The molecular weight excluding hydrogens is 544 g/mol. The van der Waals surface area contributed by atoms with Gasteiger partial charge in [-0.1, -0.05) is 18.2 Å². The second kappa shape index (κ2) is 11.3. The molecule has 0 N–H and O–H groups in total. The Morgan fingerprint density at radius 3 is 2.51 bits per heavy atom. The average molecular weight is 581 g/mol. The first-order chi connectivity index (χ1) is 19.5. The molecule has 4 heterocycles. The van der Waals surface area contributed by atoms with Crippen molar-refractivity contribution in [2.75, 3.05) is 20.2 Å². The number of benzene rings is 1. The summed E-state index contributed by atoms with van der Waals surface area (Å²) in [6.07, 6.45) is 3.74. The monoisotopic (exact) mass is 580 g/mol. The molecule has 1 fully saturated rings. The Labute approximate surface area is 242 Å². The molecule has 1 aromatic carbocycles. The molecule has 0 aliphatic carbocycles. The van der Waals surface area contributed by atoms with Gasteiger partial charge in [0.05, 0.1) is 36.2 Å². The number of rotatable bonds is 7. The van der Waals surface area contributed by atoms with Crippen LogP contribution in [0.3, 0.4) is 0 Å². The highest BCUT2D eigenvalue weighted by Crippen LogP contribution is 2.37. The number of carbonyl (C=O) groups is 1. The largest absolute Gasteiger partial charge is 0.496 e. The molecule has 11 heteroatoms. The Morgan fingerprint density at radius 1 is 1.20 bits per heavy atom. The number of ether oxygens (including phenoxy) is 2. The number of hydrogen-bond donors (Lipinski definition) is 0. The molecule has 1 amide bonds. The number of thiophene rings is 1. The van der Waals surface area contributed by atoms with Crippen LogP contribution in [0.2, 0.25) is 0 Å². The van der Waals surface area contributed by atoms with E-state index in [-0.39, 0.29) is 24.1 Å². The fourth-order valence-electron chi connectivity index (χ4n) is 5.49. The van der Waals surface area contributed by atoms with Gasteiger partial charge < -0.3 is 18.8 Å². The van der Waals surface area contributed by atoms with Gasteiger partial charge in [0.2, 0.25) is 11.8 Å². The third-order valence-electron chi connectivity index (χ3n) is 7.59. The molecule has 0 spiro atoms. The number of amides is 1. The van der Waals surface area contributed by atoms with Crippen molar-refractivity contribution < 1.29 is 18.7 Å². The molecule has 4 aromatic rings. The predicted molar refractivity (Wildman–Crippen MR) is 158 cm³/mol. The van der Waals surface area contributed by atoms with E-state index in [1.165, 1.54) is 22.2 Å². The highest BCUT2D eigenvalue weighted by atomic mass is 32.1. The Bertz CT molecular complexity index is 1670. The number of likely N-dealkylation sites (tertiary alicyclic amines) is 1. The zero-order chi connectivity index (χ0) is 29.5. The maximum absolute atomic E-state index is 14.2. The van der Waals surface area contributed by atoms with Crippen LogP contribution in [0.1, 0.15) is 57.8 Å². The molecule has 3 aromatic heterocycles. The number of fused-ring (bicyclic) bond motifs is 1. The van der Waals surface area contributed by atoms with Gasteiger partial charge in [0.15, 0.2) is 0 Å². The molecule has 1 saturated heterocycles. The van der Waals surface area contributed by atoms with Gasteiger partial charge in [-0.2, -0.15) is 0 Å². The number of nitrogens with zero attached hydrogens (tertiary/aromatic N) is 4. The number of aromatic nitrogens is 3. The fraction of sp³-hybridized carbons (Fsp3) is 0.467. The van der Waals surface area contributed by atoms with Gasteiger partial charge in [-0.05, 0) is 52.2 Å². The zero-order valence-electron chi connectivity index (χ0n) is 24.3. The summed E-state index contributed by atoms with van der Waals surface area (Å²) in [4.78, 5) is 47.2. The van der Waals surface area contributed by atoms with Crippen molar-refractivity contribution in [3.63, 3.8) is 0 Å². The topological polar surface area (TPSA) is 109 Å². The summed E-state index contributed by atoms with van der Waals surface area (Å²) in [5.74, 6) is 1.10. The Hall–Kier alpha value is -3.70. The van der Waals surface area contributed by atoms with Gasteiger partial charge in [-0.3, -0.25) is 18.7 Å². The van der Waals surface area contributed by atoms with E-state index in [0.29, 0.717) is 52.7 Å². The molecule has 1 aliphatic heterocycles. The molecular formula is C30H36N4O6S. The lowest BCUT2D eigenvalue weighted by Crippen LogP contribution is -2.48. The Kier molecular flexibility index (Phi) is 7.93. The third-order valence-corrected chi connectivity index (χ3v) is 8.89. The van der Waals surface area contributed by atoms with E-state index in [1.807, 2.05) is 56.9 Å². The average Bonchev–Trinajstić information content (AvgIpc) is 3.58. The van der Waals surface area contributed by atoms with Crippen LogP contribution in [0.25, 0.3) is 21.0 Å². The first-order valence-corrected chi connectivity index (χ1v) is 14.6. The SMILES string of the molecule is COc1ccccc1C(Cn1c(=O)n(C(C)(C)C)c(=O)c2c(C)c(-c3ncco3)sc21)OC1CCN(C(C)=O)CC1. The van der Waals surface area contributed by atoms with Crippen LogP contribution >= 0.6 is 11.3 Å². The van der Waals surface area contributed by atoms with Gasteiger partial charge in [0, 0.05) is 31.1 Å². The minimum atomic E-state index is -0.762. The summed E-state index contributed by atoms with van der Waals surface area (Å²) < 4.78 is 21.0. The molecule has 5 rings (SSSR count). The van der Waals surface area contributed by atoms with Crippen LogP contribution in [0, 0.1) is 6.92 Å². The Morgan fingerprint density at radius 2 is 1.90 bits per heavy atom. The number of oxazole rings is 1. The van der Waals surface area contributed by atoms with Crippen LogP contribution < -0.4 is 16.0 Å². The molecule has 41 heavy (non-hydrogen) atoms. The van der Waals surface area contributed by atoms with E-state index in [9.17, 15) is 14.4 Å². The summed E-state index contributed by atoms with van der Waals surface area (Å²) in [6.45, 7) is 10.4. The standard InChI is InChI=1S/C30H36N4O6S/c1-18-24-27(36)34(30(3,4)5)29(37)33(28(24)41-25(18)26-31-13-16-39-26)17-23(21-9-7-8-10-22(21)38-6)40-20-11-14-32(15-12-20)19(2)35/h7-10,13,16,20,23H,11-12,14-15,17H2,1-6H3. The molecule has 10 nitrogen and oxygen atoms in total. The van der Waals surface area contributed by atoms with E-state index in [0.717, 1.165) is 11.1 Å². The van der Waals surface area contributed by atoms with Gasteiger partial charge in [0.1, 0.15) is 22.9 Å². The van der Waals surface area contributed by atoms with Crippen molar-refractivity contribution in [2.24, 2.45) is 0 Å². The van der Waals surface area contributed by atoms with Crippen molar-refractivity contribution in [3.05, 3.63) is 68.7 Å². The van der Waals surface area contributed by atoms with Crippen molar-refractivity contribution in [3.8, 4) is 16.5 Å². The minimum Gasteiger partial charge on any atom is -0.496 e. The lowest BCUT2D eigenvalue weighted by molar-refractivity contribution is -0.132. The quantitative estimate of drug-likeness (QED) is 0.311. The summed E-state index contributed by atoms with van der Waals surface area (Å²) in [7, 11) is 1.61. The number of carbonyl (C=O) groups excluding carboxylic acids is 1. The van der Waals surface area contributed by atoms with E-state index < -0.39 is 17.3 Å². The first-order valence-electron chi connectivity index (χ1n) is 13.7. The third kappa shape index (κ3) is 5.48. The zero-order valence-corrected chi connectivity index (χ0v) is 25.1. The second-order valence-electron chi connectivity index (χ2n) is 11.4. The molecule has 1 atom stereocenters. The fourth-order valence-corrected chi connectivity index (χ4v) is 6.73. The summed E-state index contributed by atoms with van der Waals surface area (Å²) in [6, 6.07) is 7.61. The van der Waals surface area contributed by atoms with Crippen molar-refractivity contribution in [2.45, 2.75) is 71.8 Å². The molecule has 1 unspecified atom stereocenters. The van der Waals surface area contributed by atoms with Crippen LogP contribution in [0.5, 0.6) is 5.75 Å². The lowest BCUT2D eigenvalue weighted by Gasteiger charge is -2.34. The highest BCUT2D eigenvalue weighted by molar-refractivity contribution is 7.22. The van der Waals surface area contributed by atoms with E-state index in [2.05, 4.69) is 4.98 Å². The van der Waals surface area contributed by atoms with E-state index in [4.69, 9.17) is 13.9 Å². The van der Waals surface area contributed by atoms with Gasteiger partial charge in [-0.25, -0.2) is 9.78 Å². The molecule has 0 saturated carbocycles. The minimum absolute atomic E-state index is 0.0537. The maximum Gasteiger partial charge on any atom is 0.332 e. The number of aryl methyl sites for hydroxylation is 1. The summed E-state index contributed by atoms with van der Waals surface area (Å²) >= 11 is 1.32. The van der Waals surface area contributed by atoms with Crippen LogP contribution in [0.4, 0.5) is 0 Å². The Balaban J connectivity index is 1.66. The van der Waals surface area contributed by atoms with Crippen LogP contribution in [0.15, 0.2) is 50.7 Å². The predicted octanol–water partition coefficient (Wildman–Crippen LogP) is 4.72. The molecule has 0 radical (unpaired) electrons. The van der Waals surface area contributed by atoms with Gasteiger partial charge >= 0.3 is 5.69 Å².